The predicted octanol–water partition coefficient (Wildman–Crippen LogP) is 6.78. The Hall–Kier alpha value is -2.54. The molecule has 0 unspecified atom stereocenters. The van der Waals surface area contributed by atoms with Crippen LogP contribution in [0.2, 0.25) is 0 Å². The predicted molar refractivity (Wildman–Crippen MR) is 113 cm³/mol. The Morgan fingerprint density at radius 1 is 1.08 bits per heavy atom. The van der Waals surface area contributed by atoms with E-state index in [-0.39, 0.29) is 0 Å². The van der Waals surface area contributed by atoms with Crippen molar-refractivity contribution in [2.45, 2.75) is 34.1 Å². The quantitative estimate of drug-likeness (QED) is 0.416. The molecule has 0 spiro atoms. The van der Waals surface area contributed by atoms with E-state index in [1.807, 2.05) is 13.2 Å². The van der Waals surface area contributed by atoms with E-state index in [0.29, 0.717) is 0 Å². The van der Waals surface area contributed by atoms with E-state index >= 15 is 0 Å². The Labute approximate surface area is 153 Å². The summed E-state index contributed by atoms with van der Waals surface area (Å²) in [5.74, 6) is 0. The number of benzene rings is 2. The van der Waals surface area contributed by atoms with Crippen LogP contribution in [0.5, 0.6) is 0 Å². The summed E-state index contributed by atoms with van der Waals surface area (Å²) in [6, 6.07) is 15.4. The van der Waals surface area contributed by atoms with Crippen LogP contribution in [0.3, 0.4) is 0 Å². The van der Waals surface area contributed by atoms with E-state index in [4.69, 9.17) is 0 Å². The van der Waals surface area contributed by atoms with Crippen molar-refractivity contribution in [2.24, 2.45) is 0 Å². The van der Waals surface area contributed by atoms with E-state index in [0.717, 1.165) is 6.42 Å². The van der Waals surface area contributed by atoms with E-state index in [1.165, 1.54) is 39.1 Å². The highest BCUT2D eigenvalue weighted by Crippen LogP contribution is 2.31. The van der Waals surface area contributed by atoms with Crippen LogP contribution >= 0.6 is 0 Å². The van der Waals surface area contributed by atoms with Crippen LogP contribution in [-0.4, -0.2) is 7.05 Å². The second kappa shape index (κ2) is 8.53. The van der Waals surface area contributed by atoms with Crippen molar-refractivity contribution >= 4 is 16.8 Å². The zero-order valence-electron chi connectivity index (χ0n) is 16.1. The summed E-state index contributed by atoms with van der Waals surface area (Å²) < 4.78 is 0. The van der Waals surface area contributed by atoms with E-state index in [2.05, 4.69) is 93.8 Å². The fraction of sp³-hybridized carbons (Fsp3) is 0.250. The molecule has 0 radical (unpaired) electrons. The summed E-state index contributed by atoms with van der Waals surface area (Å²) in [4.78, 5) is 2.07. The maximum Gasteiger partial charge on any atom is 0.0439 e. The third-order valence-corrected chi connectivity index (χ3v) is 4.55. The molecular formula is C24H29N. The Bertz CT molecular complexity index is 809. The van der Waals surface area contributed by atoms with Gasteiger partial charge in [0.15, 0.2) is 0 Å². The summed E-state index contributed by atoms with van der Waals surface area (Å²) in [5, 5.41) is 0. The fourth-order valence-electron chi connectivity index (χ4n) is 2.96. The average molecular weight is 332 g/mol. The van der Waals surface area contributed by atoms with Crippen molar-refractivity contribution in [1.82, 2.24) is 0 Å². The van der Waals surface area contributed by atoms with Crippen molar-refractivity contribution in [3.63, 3.8) is 0 Å². The lowest BCUT2D eigenvalue weighted by Gasteiger charge is -2.19. The number of aryl methyl sites for hydroxylation is 2. The van der Waals surface area contributed by atoms with Crippen LogP contribution in [0.15, 0.2) is 67.4 Å². The number of hydrogen-bond donors (Lipinski definition) is 0. The highest BCUT2D eigenvalue weighted by Gasteiger charge is 2.09. The lowest BCUT2D eigenvalue weighted by atomic mass is 9.93. The summed E-state index contributed by atoms with van der Waals surface area (Å²) in [6.07, 6.45) is 7.35. The van der Waals surface area contributed by atoms with Crippen molar-refractivity contribution in [1.29, 1.82) is 0 Å². The summed E-state index contributed by atoms with van der Waals surface area (Å²) in [7, 11) is 2.04. The van der Waals surface area contributed by atoms with Crippen LogP contribution in [-0.2, 0) is 0 Å². The minimum absolute atomic E-state index is 1.02. The molecule has 2 rings (SSSR count). The minimum atomic E-state index is 1.02. The van der Waals surface area contributed by atoms with Crippen LogP contribution in [0.1, 0.15) is 42.5 Å². The first-order valence-electron chi connectivity index (χ1n) is 8.88. The molecule has 130 valence electrons. The van der Waals surface area contributed by atoms with Gasteiger partial charge in [-0.1, -0.05) is 67.6 Å². The van der Waals surface area contributed by atoms with Gasteiger partial charge < -0.3 is 4.90 Å². The lowest BCUT2D eigenvalue weighted by molar-refractivity contribution is 1.18. The maximum atomic E-state index is 3.89. The number of allylic oxidation sites excluding steroid dienone is 4. The molecule has 0 atom stereocenters. The molecule has 1 nitrogen and oxygen atoms in total. The molecule has 0 amide bonds. The molecule has 0 saturated heterocycles. The van der Waals surface area contributed by atoms with Gasteiger partial charge in [0.1, 0.15) is 0 Å². The van der Waals surface area contributed by atoms with Gasteiger partial charge in [-0.05, 0) is 67.3 Å². The van der Waals surface area contributed by atoms with Gasteiger partial charge in [-0.15, -0.1) is 0 Å². The van der Waals surface area contributed by atoms with Gasteiger partial charge in [0.25, 0.3) is 0 Å². The molecule has 2 aromatic carbocycles. The third-order valence-electron chi connectivity index (χ3n) is 4.55. The van der Waals surface area contributed by atoms with Crippen LogP contribution in [0.4, 0.5) is 5.69 Å². The van der Waals surface area contributed by atoms with Crippen LogP contribution in [0.25, 0.3) is 11.1 Å². The second-order valence-corrected chi connectivity index (χ2v) is 6.51. The van der Waals surface area contributed by atoms with Gasteiger partial charge in [0.05, 0.1) is 0 Å². The molecule has 0 aromatic heterocycles. The lowest BCUT2D eigenvalue weighted by Crippen LogP contribution is -2.09. The molecule has 0 N–H and O–H groups in total. The van der Waals surface area contributed by atoms with Crippen molar-refractivity contribution < 1.29 is 0 Å². The third kappa shape index (κ3) is 4.51. The average Bonchev–Trinajstić information content (AvgIpc) is 2.62. The summed E-state index contributed by atoms with van der Waals surface area (Å²) in [6.45, 7) is 12.5. The van der Waals surface area contributed by atoms with Crippen molar-refractivity contribution in [2.75, 3.05) is 11.9 Å². The summed E-state index contributed by atoms with van der Waals surface area (Å²) in [5.41, 5.74) is 8.79. The zero-order chi connectivity index (χ0) is 18.4. The first-order chi connectivity index (χ1) is 12.0. The minimum Gasteiger partial charge on any atom is -0.351 e. The SMILES string of the molecule is C=CN(C)c1cc(C(/C=C\CC)=C(/C)c2cccc(C)c2)ccc1C. The molecule has 0 saturated carbocycles. The molecule has 0 aliphatic heterocycles. The smallest absolute Gasteiger partial charge is 0.0439 e. The highest BCUT2D eigenvalue weighted by atomic mass is 15.1. The van der Waals surface area contributed by atoms with Crippen molar-refractivity contribution in [3.8, 4) is 0 Å². The normalized spacial score (nSPS) is 12.2. The van der Waals surface area contributed by atoms with Gasteiger partial charge in [-0.3, -0.25) is 0 Å². The standard InChI is InChI=1S/C24H29N/c1-7-9-13-23(20(5)21-12-10-11-18(3)16-21)22-15-14-19(4)24(17-22)25(6)8-2/h8-17H,2,7H2,1,3-6H3/b13-9-,23-20-. The summed E-state index contributed by atoms with van der Waals surface area (Å²) >= 11 is 0. The van der Waals surface area contributed by atoms with Crippen LogP contribution in [0, 0.1) is 13.8 Å². The Morgan fingerprint density at radius 2 is 1.84 bits per heavy atom. The van der Waals surface area contributed by atoms with Gasteiger partial charge >= 0.3 is 0 Å². The van der Waals surface area contributed by atoms with Crippen LogP contribution < -0.4 is 4.90 Å². The molecule has 0 fully saturated rings. The van der Waals surface area contributed by atoms with Gasteiger partial charge in [0.2, 0.25) is 0 Å². The number of anilines is 1. The molecule has 25 heavy (non-hydrogen) atoms. The first kappa shape index (κ1) is 18.8. The Balaban J connectivity index is 2.64. The van der Waals surface area contributed by atoms with E-state index in [1.54, 1.807) is 0 Å². The van der Waals surface area contributed by atoms with Gasteiger partial charge in [-0.25, -0.2) is 0 Å². The molecule has 2 aromatic rings. The molecular weight excluding hydrogens is 302 g/mol. The van der Waals surface area contributed by atoms with Gasteiger partial charge in [-0.2, -0.15) is 0 Å². The fourth-order valence-corrected chi connectivity index (χ4v) is 2.96. The second-order valence-electron chi connectivity index (χ2n) is 6.51. The maximum absolute atomic E-state index is 3.89. The number of nitrogens with zero attached hydrogens (tertiary/aromatic N) is 1. The topological polar surface area (TPSA) is 3.24 Å². The molecule has 0 aliphatic rings. The molecule has 1 heteroatoms. The van der Waals surface area contributed by atoms with E-state index < -0.39 is 0 Å². The van der Waals surface area contributed by atoms with Crippen molar-refractivity contribution in [3.05, 3.63) is 89.6 Å². The molecule has 0 heterocycles. The monoisotopic (exact) mass is 331 g/mol. The highest BCUT2D eigenvalue weighted by molar-refractivity contribution is 5.95. The van der Waals surface area contributed by atoms with E-state index in [9.17, 15) is 0 Å². The molecule has 0 aliphatic carbocycles. The Morgan fingerprint density at radius 3 is 2.48 bits per heavy atom. The molecule has 0 bridgehead atoms. The Kier molecular flexibility index (Phi) is 6.41. The van der Waals surface area contributed by atoms with Gasteiger partial charge in [0, 0.05) is 12.7 Å². The number of rotatable bonds is 6. The number of hydrogen-bond acceptors (Lipinski definition) is 1. The zero-order valence-corrected chi connectivity index (χ0v) is 16.1. The largest absolute Gasteiger partial charge is 0.351 e. The first-order valence-corrected chi connectivity index (χ1v) is 8.88.